The van der Waals surface area contributed by atoms with E-state index in [0.29, 0.717) is 19.4 Å². The molecule has 0 bridgehead atoms. The Labute approximate surface area is 111 Å². The number of hydrogen-bond acceptors (Lipinski definition) is 2. The highest BCUT2D eigenvalue weighted by molar-refractivity contribution is 5.73. The molecule has 0 aliphatic heterocycles. The topological polar surface area (TPSA) is 49.3 Å². The minimum Gasteiger partial charge on any atom is -0.480 e. The van der Waals surface area contributed by atoms with E-state index in [9.17, 15) is 18.0 Å². The molecule has 2 N–H and O–H groups in total. The zero-order valence-electron chi connectivity index (χ0n) is 11.3. The largest absolute Gasteiger partial charge is 0.480 e. The van der Waals surface area contributed by atoms with Crippen molar-refractivity contribution in [1.82, 2.24) is 5.32 Å². The Kier molecular flexibility index (Phi) is 5.64. The summed E-state index contributed by atoms with van der Waals surface area (Å²) in [6, 6.07) is -0.625. The van der Waals surface area contributed by atoms with Crippen LogP contribution in [0.1, 0.15) is 39.5 Å². The molecule has 0 spiro atoms. The fourth-order valence-corrected chi connectivity index (χ4v) is 2.60. The highest BCUT2D eigenvalue weighted by atomic mass is 19.4. The Morgan fingerprint density at radius 2 is 1.79 bits per heavy atom. The summed E-state index contributed by atoms with van der Waals surface area (Å²) in [5, 5.41) is 12.0. The summed E-state index contributed by atoms with van der Waals surface area (Å²) in [6.07, 6.45) is -2.73. The smallest absolute Gasteiger partial charge is 0.391 e. The Bertz CT molecular complexity index is 297. The van der Waals surface area contributed by atoms with Gasteiger partial charge in [0.1, 0.15) is 6.04 Å². The van der Waals surface area contributed by atoms with Gasteiger partial charge in [-0.05, 0) is 44.1 Å². The maximum absolute atomic E-state index is 12.5. The molecule has 0 unspecified atom stereocenters. The molecule has 1 rings (SSSR count). The van der Waals surface area contributed by atoms with Crippen molar-refractivity contribution in [2.45, 2.75) is 51.7 Å². The van der Waals surface area contributed by atoms with Crippen LogP contribution >= 0.6 is 0 Å². The third kappa shape index (κ3) is 5.01. The molecule has 1 atom stereocenters. The minimum atomic E-state index is -4.08. The lowest BCUT2D eigenvalue weighted by Crippen LogP contribution is -2.43. The quantitative estimate of drug-likeness (QED) is 0.814. The molecule has 1 aliphatic carbocycles. The normalized spacial score (nSPS) is 26.4. The van der Waals surface area contributed by atoms with E-state index in [2.05, 4.69) is 5.32 Å². The highest BCUT2D eigenvalue weighted by Gasteiger charge is 2.41. The number of nitrogens with one attached hydrogen (secondary N) is 1. The van der Waals surface area contributed by atoms with Gasteiger partial charge in [-0.15, -0.1) is 0 Å². The van der Waals surface area contributed by atoms with Gasteiger partial charge in [-0.2, -0.15) is 13.2 Å². The molecule has 0 amide bonds. The molecule has 0 aromatic carbocycles. The van der Waals surface area contributed by atoms with Crippen molar-refractivity contribution in [3.8, 4) is 0 Å². The Morgan fingerprint density at radius 3 is 2.16 bits per heavy atom. The monoisotopic (exact) mass is 281 g/mol. The van der Waals surface area contributed by atoms with E-state index in [1.807, 2.05) is 13.8 Å². The summed E-state index contributed by atoms with van der Waals surface area (Å²) in [7, 11) is 0. The minimum absolute atomic E-state index is 0.0379. The molecule has 1 fully saturated rings. The lowest BCUT2D eigenvalue weighted by molar-refractivity contribution is -0.183. The first kappa shape index (κ1) is 16.3. The van der Waals surface area contributed by atoms with E-state index in [-0.39, 0.29) is 24.7 Å². The molecule has 112 valence electrons. The molecule has 0 heterocycles. The number of alkyl halides is 3. The summed E-state index contributed by atoms with van der Waals surface area (Å²) >= 11 is 0. The van der Waals surface area contributed by atoms with Crippen molar-refractivity contribution < 1.29 is 23.1 Å². The van der Waals surface area contributed by atoms with E-state index < -0.39 is 24.1 Å². The van der Waals surface area contributed by atoms with E-state index in [4.69, 9.17) is 5.11 Å². The van der Waals surface area contributed by atoms with Gasteiger partial charge in [0.05, 0.1) is 5.92 Å². The second kappa shape index (κ2) is 6.59. The second-order valence-corrected chi connectivity index (χ2v) is 5.73. The summed E-state index contributed by atoms with van der Waals surface area (Å²) in [5.41, 5.74) is 0. The number of halogens is 3. The van der Waals surface area contributed by atoms with Gasteiger partial charge in [0, 0.05) is 0 Å². The zero-order valence-corrected chi connectivity index (χ0v) is 11.3. The molecular weight excluding hydrogens is 259 g/mol. The van der Waals surface area contributed by atoms with Crippen LogP contribution in [-0.2, 0) is 4.79 Å². The summed E-state index contributed by atoms with van der Waals surface area (Å²) in [6.45, 7) is 4.11. The van der Waals surface area contributed by atoms with Gasteiger partial charge >= 0.3 is 12.1 Å². The van der Waals surface area contributed by atoms with Crippen LogP contribution in [0.25, 0.3) is 0 Å². The van der Waals surface area contributed by atoms with E-state index in [1.165, 1.54) is 0 Å². The highest BCUT2D eigenvalue weighted by Crippen LogP contribution is 2.39. The molecule has 3 nitrogen and oxygen atoms in total. The van der Waals surface area contributed by atoms with Crippen LogP contribution in [0.5, 0.6) is 0 Å². The fraction of sp³-hybridized carbons (Fsp3) is 0.923. The molecule has 0 aromatic rings. The van der Waals surface area contributed by atoms with Crippen LogP contribution in [-0.4, -0.2) is 29.8 Å². The van der Waals surface area contributed by atoms with Crippen molar-refractivity contribution in [3.63, 3.8) is 0 Å². The number of carboxylic acid groups (broad SMARTS) is 1. The first-order valence-corrected chi connectivity index (χ1v) is 6.74. The van der Waals surface area contributed by atoms with Crippen LogP contribution in [0.4, 0.5) is 13.2 Å². The predicted molar refractivity (Wildman–Crippen MR) is 65.8 cm³/mol. The maximum Gasteiger partial charge on any atom is 0.391 e. The molecule has 1 aliphatic rings. The van der Waals surface area contributed by atoms with Crippen LogP contribution < -0.4 is 5.32 Å². The van der Waals surface area contributed by atoms with Gasteiger partial charge in [0.2, 0.25) is 0 Å². The van der Waals surface area contributed by atoms with Gasteiger partial charge in [0.15, 0.2) is 0 Å². The number of hydrogen-bond donors (Lipinski definition) is 2. The molecule has 19 heavy (non-hydrogen) atoms. The lowest BCUT2D eigenvalue weighted by Gasteiger charge is -2.31. The predicted octanol–water partition coefficient (Wildman–Crippen LogP) is 3.05. The number of carbonyl (C=O) groups is 1. The van der Waals surface area contributed by atoms with Crippen LogP contribution in [0.3, 0.4) is 0 Å². The first-order chi connectivity index (χ1) is 8.71. The SMILES string of the molecule is CC(C)[C@@H](NCC1CCC(C(F)(F)F)CC1)C(=O)O. The van der Waals surface area contributed by atoms with Gasteiger partial charge in [-0.25, -0.2) is 0 Å². The third-order valence-electron chi connectivity index (χ3n) is 3.87. The molecular formula is C13H22F3NO2. The maximum atomic E-state index is 12.5. The average Bonchev–Trinajstić information content (AvgIpc) is 2.27. The average molecular weight is 281 g/mol. The molecule has 0 aromatic heterocycles. The summed E-state index contributed by atoms with van der Waals surface area (Å²) < 4.78 is 37.5. The van der Waals surface area contributed by atoms with Crippen LogP contribution in [0, 0.1) is 17.8 Å². The molecule has 1 saturated carbocycles. The van der Waals surface area contributed by atoms with E-state index in [0.717, 1.165) is 0 Å². The number of aliphatic carboxylic acids is 1. The third-order valence-corrected chi connectivity index (χ3v) is 3.87. The first-order valence-electron chi connectivity index (χ1n) is 6.74. The fourth-order valence-electron chi connectivity index (χ4n) is 2.60. The summed E-state index contributed by atoms with van der Waals surface area (Å²) in [5.74, 6) is -1.97. The lowest BCUT2D eigenvalue weighted by atomic mass is 9.81. The second-order valence-electron chi connectivity index (χ2n) is 5.73. The number of rotatable bonds is 5. The number of carboxylic acids is 1. The van der Waals surface area contributed by atoms with Gasteiger partial charge in [0.25, 0.3) is 0 Å². The van der Waals surface area contributed by atoms with Crippen LogP contribution in [0.2, 0.25) is 0 Å². The zero-order chi connectivity index (χ0) is 14.6. The Hall–Kier alpha value is -0.780. The standard InChI is InChI=1S/C13H22F3NO2/c1-8(2)11(12(18)19)17-7-9-3-5-10(6-4-9)13(14,15)16/h8-11,17H,3-7H2,1-2H3,(H,18,19)/t9?,10?,11-/m1/s1. The van der Waals surface area contributed by atoms with Crippen molar-refractivity contribution in [1.29, 1.82) is 0 Å². The van der Waals surface area contributed by atoms with E-state index >= 15 is 0 Å². The van der Waals surface area contributed by atoms with Crippen molar-refractivity contribution in [2.24, 2.45) is 17.8 Å². The Morgan fingerprint density at radius 1 is 1.26 bits per heavy atom. The van der Waals surface area contributed by atoms with Crippen molar-refractivity contribution in [3.05, 3.63) is 0 Å². The van der Waals surface area contributed by atoms with E-state index in [1.54, 1.807) is 0 Å². The Balaban J connectivity index is 2.35. The molecule has 0 saturated heterocycles. The molecule has 6 heteroatoms. The van der Waals surface area contributed by atoms with Crippen molar-refractivity contribution in [2.75, 3.05) is 6.54 Å². The van der Waals surface area contributed by atoms with Gasteiger partial charge < -0.3 is 10.4 Å². The van der Waals surface area contributed by atoms with Gasteiger partial charge in [-0.1, -0.05) is 13.8 Å². The summed E-state index contributed by atoms with van der Waals surface area (Å²) in [4.78, 5) is 11.0. The molecule has 0 radical (unpaired) electrons. The van der Waals surface area contributed by atoms with Gasteiger partial charge in [-0.3, -0.25) is 4.79 Å². The van der Waals surface area contributed by atoms with Crippen LogP contribution in [0.15, 0.2) is 0 Å². The van der Waals surface area contributed by atoms with Crippen molar-refractivity contribution >= 4 is 5.97 Å².